The first-order valence-electron chi connectivity index (χ1n) is 5.54. The van der Waals surface area contributed by atoms with E-state index < -0.39 is 0 Å². The molecule has 0 saturated heterocycles. The van der Waals surface area contributed by atoms with Crippen LogP contribution in [0.4, 0.5) is 4.39 Å². The molecule has 1 aliphatic carbocycles. The van der Waals surface area contributed by atoms with Crippen molar-refractivity contribution in [2.24, 2.45) is 11.8 Å². The predicted molar refractivity (Wildman–Crippen MR) is 66.5 cm³/mol. The molecule has 2 atom stereocenters. The number of hydrogen-bond acceptors (Lipinski definition) is 0. The third kappa shape index (κ3) is 3.62. The highest BCUT2D eigenvalue weighted by atomic mass is 79.9. The third-order valence-corrected chi connectivity index (χ3v) is 3.43. The molecular weight excluding hydrogens is 255 g/mol. The molecule has 0 N–H and O–H groups in total. The second-order valence-corrected chi connectivity index (χ2v) is 5.10. The Kier molecular flexibility index (Phi) is 4.82. The second-order valence-electron chi connectivity index (χ2n) is 4.24. The number of halogens is 2. The summed E-state index contributed by atoms with van der Waals surface area (Å²) >= 11 is 3.34. The van der Waals surface area contributed by atoms with Crippen molar-refractivity contribution < 1.29 is 4.39 Å². The van der Waals surface area contributed by atoms with Crippen LogP contribution in [0.3, 0.4) is 0 Å². The first-order valence-corrected chi connectivity index (χ1v) is 6.33. The molecule has 1 unspecified atom stereocenters. The quantitative estimate of drug-likeness (QED) is 0.484. The van der Waals surface area contributed by atoms with Crippen LogP contribution in [0.2, 0.25) is 0 Å². The molecule has 1 fully saturated rings. The van der Waals surface area contributed by atoms with Gasteiger partial charge in [0.2, 0.25) is 0 Å². The molecule has 15 heavy (non-hydrogen) atoms. The van der Waals surface area contributed by atoms with Crippen LogP contribution in [0, 0.1) is 11.8 Å². The maximum Gasteiger partial charge on any atom is 0.0986 e. The van der Waals surface area contributed by atoms with Crippen LogP contribution in [0.15, 0.2) is 27.7 Å². The molecule has 84 valence electrons. The van der Waals surface area contributed by atoms with Crippen molar-refractivity contribution in [1.82, 2.24) is 0 Å². The summed E-state index contributed by atoms with van der Waals surface area (Å²) in [6.07, 6.45) is 5.12. The van der Waals surface area contributed by atoms with Crippen LogP contribution in [-0.2, 0) is 0 Å². The van der Waals surface area contributed by atoms with Crippen LogP contribution < -0.4 is 0 Å². The molecule has 0 aromatic rings. The lowest BCUT2D eigenvalue weighted by Crippen LogP contribution is -1.97. The van der Waals surface area contributed by atoms with Gasteiger partial charge < -0.3 is 0 Å². The average molecular weight is 273 g/mol. The minimum Gasteiger partial charge on any atom is -0.212 e. The van der Waals surface area contributed by atoms with E-state index in [1.807, 2.05) is 0 Å². The molecule has 0 spiro atoms. The van der Waals surface area contributed by atoms with Crippen LogP contribution >= 0.6 is 15.9 Å². The SMILES string of the molecule is CC[C@H]1CCC(C)C1=C=C(Br)/C=C(\C)F. The third-order valence-electron chi connectivity index (χ3n) is 3.00. The van der Waals surface area contributed by atoms with Crippen molar-refractivity contribution >= 4 is 15.9 Å². The highest BCUT2D eigenvalue weighted by Crippen LogP contribution is 2.37. The lowest BCUT2D eigenvalue weighted by Gasteiger charge is -2.08. The van der Waals surface area contributed by atoms with Crippen LogP contribution in [0.1, 0.15) is 40.0 Å². The van der Waals surface area contributed by atoms with Gasteiger partial charge in [-0.2, -0.15) is 0 Å². The summed E-state index contributed by atoms with van der Waals surface area (Å²) in [5.41, 5.74) is 4.64. The van der Waals surface area contributed by atoms with Crippen LogP contribution in [0.25, 0.3) is 0 Å². The highest BCUT2D eigenvalue weighted by Gasteiger charge is 2.25. The Morgan fingerprint density at radius 2 is 2.27 bits per heavy atom. The van der Waals surface area contributed by atoms with Crippen molar-refractivity contribution in [1.29, 1.82) is 0 Å². The van der Waals surface area contributed by atoms with E-state index in [4.69, 9.17) is 0 Å². The van der Waals surface area contributed by atoms with Crippen LogP contribution in [0.5, 0.6) is 0 Å². The summed E-state index contributed by atoms with van der Waals surface area (Å²) in [4.78, 5) is 0. The van der Waals surface area contributed by atoms with Gasteiger partial charge in [-0.1, -0.05) is 13.8 Å². The summed E-state index contributed by atoms with van der Waals surface area (Å²) in [6, 6.07) is 0. The van der Waals surface area contributed by atoms with Gasteiger partial charge in [0.25, 0.3) is 0 Å². The zero-order chi connectivity index (χ0) is 11.4. The molecule has 0 bridgehead atoms. The first-order chi connectivity index (χ1) is 7.04. The van der Waals surface area contributed by atoms with E-state index in [0.717, 1.165) is 10.9 Å². The van der Waals surface area contributed by atoms with E-state index in [0.29, 0.717) is 11.8 Å². The summed E-state index contributed by atoms with van der Waals surface area (Å²) in [5, 5.41) is 0. The maximum absolute atomic E-state index is 12.7. The Labute approximate surface area is 100 Å². The van der Waals surface area contributed by atoms with Gasteiger partial charge in [0, 0.05) is 0 Å². The summed E-state index contributed by atoms with van der Waals surface area (Å²) in [7, 11) is 0. The lowest BCUT2D eigenvalue weighted by atomic mass is 9.97. The van der Waals surface area contributed by atoms with Gasteiger partial charge in [-0.3, -0.25) is 0 Å². The Bertz CT molecular complexity index is 317. The first kappa shape index (κ1) is 12.7. The number of allylic oxidation sites excluding steroid dienone is 3. The zero-order valence-electron chi connectivity index (χ0n) is 9.61. The molecule has 1 aliphatic rings. The largest absolute Gasteiger partial charge is 0.212 e. The Balaban J connectivity index is 3.02. The fraction of sp³-hybridized carbons (Fsp3) is 0.615. The van der Waals surface area contributed by atoms with Crippen molar-refractivity contribution in [3.8, 4) is 0 Å². The van der Waals surface area contributed by atoms with E-state index in [1.165, 1.54) is 31.4 Å². The zero-order valence-corrected chi connectivity index (χ0v) is 11.2. The molecule has 0 nitrogen and oxygen atoms in total. The topological polar surface area (TPSA) is 0 Å². The van der Waals surface area contributed by atoms with Gasteiger partial charge in [0.15, 0.2) is 0 Å². The van der Waals surface area contributed by atoms with Crippen molar-refractivity contribution in [2.45, 2.75) is 40.0 Å². The fourth-order valence-electron chi connectivity index (χ4n) is 2.16. The van der Waals surface area contributed by atoms with E-state index in [-0.39, 0.29) is 5.83 Å². The Morgan fingerprint density at radius 1 is 1.60 bits per heavy atom. The van der Waals surface area contributed by atoms with Gasteiger partial charge in [-0.15, -0.1) is 5.73 Å². The predicted octanol–water partition coefficient (Wildman–Crippen LogP) is 5.12. The monoisotopic (exact) mass is 272 g/mol. The van der Waals surface area contributed by atoms with Gasteiger partial charge in [-0.25, -0.2) is 4.39 Å². The molecule has 1 saturated carbocycles. The Hall–Kier alpha value is -0.330. The summed E-state index contributed by atoms with van der Waals surface area (Å²) in [6.45, 7) is 5.88. The smallest absolute Gasteiger partial charge is 0.0986 e. The van der Waals surface area contributed by atoms with Crippen molar-refractivity contribution in [3.05, 3.63) is 27.7 Å². The lowest BCUT2D eigenvalue weighted by molar-refractivity contribution is 0.606. The second kappa shape index (κ2) is 5.67. The highest BCUT2D eigenvalue weighted by molar-refractivity contribution is 9.11. The summed E-state index contributed by atoms with van der Waals surface area (Å²) < 4.78 is 13.4. The van der Waals surface area contributed by atoms with E-state index in [9.17, 15) is 4.39 Å². The molecule has 0 aliphatic heterocycles. The molecular formula is C13H18BrF. The summed E-state index contributed by atoms with van der Waals surface area (Å²) in [5.74, 6) is 1.05. The Morgan fingerprint density at radius 3 is 2.80 bits per heavy atom. The standard InChI is InChI=1S/C13H18BrF/c1-4-11-6-5-9(2)13(11)8-12(14)7-10(3)15/h7,9,11H,4-6H2,1-3H3/b10-7+/t8?,9?,11-/m0/s1. The fourth-order valence-corrected chi connectivity index (χ4v) is 2.71. The van der Waals surface area contributed by atoms with Crippen molar-refractivity contribution in [2.75, 3.05) is 0 Å². The molecule has 0 aromatic heterocycles. The average Bonchev–Trinajstić information content (AvgIpc) is 2.46. The van der Waals surface area contributed by atoms with Gasteiger partial charge in [0.1, 0.15) is 0 Å². The number of rotatable bonds is 2. The minimum absolute atomic E-state index is 0.186. The van der Waals surface area contributed by atoms with Crippen molar-refractivity contribution in [3.63, 3.8) is 0 Å². The van der Waals surface area contributed by atoms with E-state index >= 15 is 0 Å². The van der Waals surface area contributed by atoms with E-state index in [2.05, 4.69) is 35.5 Å². The molecule has 0 radical (unpaired) electrons. The number of hydrogen-bond donors (Lipinski definition) is 0. The molecule has 0 aromatic carbocycles. The molecule has 1 rings (SSSR count). The molecule has 2 heteroatoms. The van der Waals surface area contributed by atoms with Crippen LogP contribution in [-0.4, -0.2) is 0 Å². The maximum atomic E-state index is 12.7. The van der Waals surface area contributed by atoms with Gasteiger partial charge in [-0.05, 0) is 65.6 Å². The van der Waals surface area contributed by atoms with E-state index in [1.54, 1.807) is 0 Å². The molecule has 0 heterocycles. The van der Waals surface area contributed by atoms with Gasteiger partial charge >= 0.3 is 0 Å². The minimum atomic E-state index is -0.186. The molecule has 0 amide bonds. The van der Waals surface area contributed by atoms with Gasteiger partial charge in [0.05, 0.1) is 10.3 Å². The normalized spacial score (nSPS) is 26.7.